The van der Waals surface area contributed by atoms with Crippen LogP contribution in [0, 0.1) is 5.82 Å². The third-order valence-electron chi connectivity index (χ3n) is 3.17. The number of hydrogen-bond acceptors (Lipinski definition) is 4. The van der Waals surface area contributed by atoms with Crippen molar-refractivity contribution < 1.29 is 14.0 Å². The Morgan fingerprint density at radius 1 is 1.30 bits per heavy atom. The molecule has 2 amide bonds. The van der Waals surface area contributed by atoms with Crippen LogP contribution in [-0.2, 0) is 0 Å². The average Bonchev–Trinajstić information content (AvgIpc) is 3.10. The Morgan fingerprint density at radius 3 is 2.83 bits per heavy atom. The second kappa shape index (κ2) is 6.17. The third-order valence-corrected chi connectivity index (χ3v) is 4.21. The molecule has 0 saturated heterocycles. The molecule has 6 nitrogen and oxygen atoms in total. The monoisotopic (exact) mass is 332 g/mol. The van der Waals surface area contributed by atoms with Crippen LogP contribution in [0.5, 0.6) is 0 Å². The summed E-state index contributed by atoms with van der Waals surface area (Å²) in [6.45, 7) is 2.36. The van der Waals surface area contributed by atoms with E-state index in [2.05, 4.69) is 20.8 Å². The van der Waals surface area contributed by atoms with Gasteiger partial charge in [0.15, 0.2) is 5.82 Å². The van der Waals surface area contributed by atoms with E-state index in [9.17, 15) is 14.0 Å². The number of nitrogens with one attached hydrogen (secondary N) is 3. The molecule has 0 atom stereocenters. The maximum absolute atomic E-state index is 13.6. The van der Waals surface area contributed by atoms with E-state index in [0.29, 0.717) is 21.6 Å². The van der Waals surface area contributed by atoms with Crippen molar-refractivity contribution in [3.8, 4) is 0 Å². The van der Waals surface area contributed by atoms with Crippen LogP contribution in [0.2, 0.25) is 0 Å². The number of hydrogen-bond donors (Lipinski definition) is 3. The van der Waals surface area contributed by atoms with Crippen LogP contribution >= 0.6 is 11.3 Å². The number of nitrogens with zero attached hydrogens (tertiary/aromatic N) is 1. The van der Waals surface area contributed by atoms with Gasteiger partial charge in [-0.2, -0.15) is 5.10 Å². The molecule has 0 saturated carbocycles. The van der Waals surface area contributed by atoms with E-state index >= 15 is 0 Å². The van der Waals surface area contributed by atoms with Gasteiger partial charge in [-0.3, -0.25) is 14.7 Å². The highest BCUT2D eigenvalue weighted by Gasteiger charge is 2.17. The fourth-order valence-electron chi connectivity index (χ4n) is 2.09. The summed E-state index contributed by atoms with van der Waals surface area (Å²) in [5.74, 6) is -1.12. The van der Waals surface area contributed by atoms with Crippen molar-refractivity contribution in [2.75, 3.05) is 11.9 Å². The minimum absolute atomic E-state index is 0.0668. The first kappa shape index (κ1) is 15.2. The molecule has 3 rings (SSSR count). The van der Waals surface area contributed by atoms with Gasteiger partial charge in [-0.1, -0.05) is 12.1 Å². The highest BCUT2D eigenvalue weighted by atomic mass is 32.1. The molecule has 0 aliphatic rings. The summed E-state index contributed by atoms with van der Waals surface area (Å²) < 4.78 is 13.6. The van der Waals surface area contributed by atoms with Gasteiger partial charge in [0.2, 0.25) is 0 Å². The van der Waals surface area contributed by atoms with E-state index in [1.165, 1.54) is 29.5 Å². The molecule has 2 aromatic heterocycles. The number of halogens is 1. The van der Waals surface area contributed by atoms with Crippen LogP contribution in [-0.4, -0.2) is 28.6 Å². The zero-order chi connectivity index (χ0) is 16.4. The standard InChI is InChI=1S/C15H13FN4O2S/c1-2-17-14(22)11-7-9-12(19-20-15(9)23-11)18-13(21)8-5-3-4-6-10(8)16/h3-7H,2H2,1H3,(H,17,22)(H2,18,19,20,21). The van der Waals surface area contributed by atoms with E-state index in [1.807, 2.05) is 6.92 Å². The third kappa shape index (κ3) is 2.93. The fraction of sp³-hybridized carbons (Fsp3) is 0.133. The number of carbonyl (C=O) groups excluding carboxylic acids is 2. The highest BCUT2D eigenvalue weighted by molar-refractivity contribution is 7.20. The maximum atomic E-state index is 13.6. The van der Waals surface area contributed by atoms with Gasteiger partial charge in [-0.15, -0.1) is 11.3 Å². The number of thiophene rings is 1. The second-order valence-corrected chi connectivity index (χ2v) is 5.77. The zero-order valence-corrected chi connectivity index (χ0v) is 13.0. The topological polar surface area (TPSA) is 86.9 Å². The summed E-state index contributed by atoms with van der Waals surface area (Å²) in [6.07, 6.45) is 0. The molecule has 0 fully saturated rings. The number of aromatic nitrogens is 2. The Labute approximate surface area is 134 Å². The Balaban J connectivity index is 1.87. The number of H-pyrrole nitrogens is 1. The summed E-state index contributed by atoms with van der Waals surface area (Å²) in [5.41, 5.74) is -0.0668. The normalized spacial score (nSPS) is 10.7. The number of aromatic amines is 1. The van der Waals surface area contributed by atoms with Gasteiger partial charge in [-0.25, -0.2) is 4.39 Å². The largest absolute Gasteiger partial charge is 0.352 e. The number of rotatable bonds is 4. The Bertz CT molecular complexity index is 887. The average molecular weight is 332 g/mol. The molecule has 0 aliphatic carbocycles. The van der Waals surface area contributed by atoms with Gasteiger partial charge in [0.1, 0.15) is 10.6 Å². The van der Waals surface area contributed by atoms with Gasteiger partial charge in [0, 0.05) is 6.54 Å². The predicted octanol–water partition coefficient (Wildman–Crippen LogP) is 2.77. The second-order valence-electron chi connectivity index (χ2n) is 4.72. The van der Waals surface area contributed by atoms with E-state index in [1.54, 1.807) is 12.1 Å². The quantitative estimate of drug-likeness (QED) is 0.686. The zero-order valence-electron chi connectivity index (χ0n) is 12.1. The van der Waals surface area contributed by atoms with E-state index < -0.39 is 11.7 Å². The molecule has 3 N–H and O–H groups in total. The lowest BCUT2D eigenvalue weighted by atomic mass is 10.2. The molecule has 8 heteroatoms. The Kier molecular flexibility index (Phi) is 4.07. The minimum Gasteiger partial charge on any atom is -0.352 e. The molecule has 3 aromatic rings. The lowest BCUT2D eigenvalue weighted by Gasteiger charge is -2.03. The van der Waals surface area contributed by atoms with Crippen LogP contribution in [0.1, 0.15) is 27.0 Å². The van der Waals surface area contributed by atoms with Crippen molar-refractivity contribution in [2.24, 2.45) is 0 Å². The van der Waals surface area contributed by atoms with Crippen molar-refractivity contribution in [3.63, 3.8) is 0 Å². The number of benzene rings is 1. The van der Waals surface area contributed by atoms with Gasteiger partial charge in [0.25, 0.3) is 11.8 Å². The first-order valence-corrected chi connectivity index (χ1v) is 7.73. The van der Waals surface area contributed by atoms with Crippen LogP contribution in [0.4, 0.5) is 10.2 Å². The van der Waals surface area contributed by atoms with Crippen LogP contribution in [0.25, 0.3) is 10.2 Å². The Hall–Kier alpha value is -2.74. The molecule has 0 radical (unpaired) electrons. The van der Waals surface area contributed by atoms with Crippen molar-refractivity contribution in [1.29, 1.82) is 0 Å². The number of anilines is 1. The van der Waals surface area contributed by atoms with Gasteiger partial charge < -0.3 is 10.6 Å². The van der Waals surface area contributed by atoms with Crippen LogP contribution < -0.4 is 10.6 Å². The molecule has 118 valence electrons. The summed E-state index contributed by atoms with van der Waals surface area (Å²) in [7, 11) is 0. The smallest absolute Gasteiger partial charge is 0.261 e. The molecular weight excluding hydrogens is 319 g/mol. The number of amides is 2. The lowest BCUT2D eigenvalue weighted by molar-refractivity contribution is 0.0959. The molecule has 1 aromatic carbocycles. The minimum atomic E-state index is -0.606. The molecule has 0 bridgehead atoms. The molecule has 0 unspecified atom stereocenters. The Morgan fingerprint density at radius 2 is 2.09 bits per heavy atom. The van der Waals surface area contributed by atoms with E-state index in [-0.39, 0.29) is 17.3 Å². The van der Waals surface area contributed by atoms with E-state index in [0.717, 1.165) is 0 Å². The molecule has 2 heterocycles. The van der Waals surface area contributed by atoms with Crippen molar-refractivity contribution >= 4 is 39.2 Å². The molecule has 0 spiro atoms. The molecule has 23 heavy (non-hydrogen) atoms. The summed E-state index contributed by atoms with van der Waals surface area (Å²) in [6, 6.07) is 7.34. The highest BCUT2D eigenvalue weighted by Crippen LogP contribution is 2.29. The summed E-state index contributed by atoms with van der Waals surface area (Å²) in [5, 5.41) is 12.6. The van der Waals surface area contributed by atoms with Crippen LogP contribution in [0.3, 0.4) is 0 Å². The molecule has 0 aliphatic heterocycles. The van der Waals surface area contributed by atoms with Crippen molar-refractivity contribution in [1.82, 2.24) is 15.5 Å². The summed E-state index contributed by atoms with van der Waals surface area (Å²) in [4.78, 5) is 25.2. The SMILES string of the molecule is CCNC(=O)c1cc2c(NC(=O)c3ccccc3F)n[nH]c2s1. The predicted molar refractivity (Wildman–Crippen MR) is 86.3 cm³/mol. The summed E-state index contributed by atoms with van der Waals surface area (Å²) >= 11 is 1.24. The van der Waals surface area contributed by atoms with Crippen molar-refractivity contribution in [3.05, 3.63) is 46.6 Å². The van der Waals surface area contributed by atoms with Gasteiger partial charge in [0.05, 0.1) is 15.8 Å². The van der Waals surface area contributed by atoms with Gasteiger partial charge >= 0.3 is 0 Å². The fourth-order valence-corrected chi connectivity index (χ4v) is 3.01. The first-order chi connectivity index (χ1) is 11.1. The van der Waals surface area contributed by atoms with Crippen LogP contribution in [0.15, 0.2) is 30.3 Å². The lowest BCUT2D eigenvalue weighted by Crippen LogP contribution is -2.21. The number of carbonyl (C=O) groups is 2. The van der Waals surface area contributed by atoms with Gasteiger partial charge in [-0.05, 0) is 25.1 Å². The first-order valence-electron chi connectivity index (χ1n) is 6.92. The number of fused-ring (bicyclic) bond motifs is 1. The molecular formula is C15H13FN4O2S. The van der Waals surface area contributed by atoms with E-state index in [4.69, 9.17) is 0 Å². The maximum Gasteiger partial charge on any atom is 0.261 e. The van der Waals surface area contributed by atoms with Crippen molar-refractivity contribution in [2.45, 2.75) is 6.92 Å².